The summed E-state index contributed by atoms with van der Waals surface area (Å²) in [5.74, 6) is 0.314. The molecule has 0 aliphatic rings. The van der Waals surface area contributed by atoms with E-state index in [-0.39, 0.29) is 12.6 Å². The summed E-state index contributed by atoms with van der Waals surface area (Å²) >= 11 is 0. The molecule has 0 saturated carbocycles. The molecule has 0 aliphatic carbocycles. The number of rotatable bonds is 6. The third-order valence-electron chi connectivity index (χ3n) is 1.94. The van der Waals surface area contributed by atoms with Gasteiger partial charge in [-0.3, -0.25) is 0 Å². The number of ether oxygens (including phenoxy) is 2. The smallest absolute Gasteiger partial charge is 0.344 e. The molecular formula is C13H16O3. The van der Waals surface area contributed by atoms with E-state index in [1.54, 1.807) is 18.2 Å². The van der Waals surface area contributed by atoms with Gasteiger partial charge in [-0.2, -0.15) is 0 Å². The van der Waals surface area contributed by atoms with E-state index in [4.69, 9.17) is 9.47 Å². The lowest BCUT2D eigenvalue weighted by Crippen LogP contribution is -2.15. The van der Waals surface area contributed by atoms with Crippen molar-refractivity contribution >= 4 is 12.0 Å². The lowest BCUT2D eigenvalue weighted by Gasteiger charge is -2.06. The van der Waals surface area contributed by atoms with Crippen molar-refractivity contribution in [3.63, 3.8) is 0 Å². The van der Waals surface area contributed by atoms with E-state index in [1.807, 2.05) is 19.1 Å². The van der Waals surface area contributed by atoms with E-state index in [0.717, 1.165) is 12.0 Å². The van der Waals surface area contributed by atoms with Crippen LogP contribution in [0.25, 0.3) is 6.08 Å². The highest BCUT2D eigenvalue weighted by Gasteiger charge is 2.02. The standard InChI is InChI=1S/C13H16O3/c1-3-9-15-13(14)10-16-12-7-5-11(4-2)6-8-12/h4-8H,2-3,9-10H2,1H3. The largest absolute Gasteiger partial charge is 0.482 e. The minimum absolute atomic E-state index is 0.0482. The summed E-state index contributed by atoms with van der Waals surface area (Å²) in [5, 5.41) is 0. The molecule has 0 spiro atoms. The van der Waals surface area contributed by atoms with Crippen LogP contribution in [0.15, 0.2) is 30.8 Å². The average molecular weight is 220 g/mol. The van der Waals surface area contributed by atoms with Gasteiger partial charge < -0.3 is 9.47 Å². The Labute approximate surface area is 95.7 Å². The van der Waals surface area contributed by atoms with Gasteiger partial charge in [-0.1, -0.05) is 31.7 Å². The zero-order valence-corrected chi connectivity index (χ0v) is 9.44. The maximum absolute atomic E-state index is 11.1. The van der Waals surface area contributed by atoms with Crippen LogP contribution in [0.3, 0.4) is 0 Å². The summed E-state index contributed by atoms with van der Waals surface area (Å²) in [6, 6.07) is 7.34. The highest BCUT2D eigenvalue weighted by atomic mass is 16.6. The van der Waals surface area contributed by atoms with Gasteiger partial charge in [0.05, 0.1) is 6.61 Å². The Morgan fingerprint density at radius 2 is 2.06 bits per heavy atom. The highest BCUT2D eigenvalue weighted by Crippen LogP contribution is 2.12. The van der Waals surface area contributed by atoms with Gasteiger partial charge in [0.15, 0.2) is 6.61 Å². The Morgan fingerprint density at radius 3 is 2.62 bits per heavy atom. The maximum atomic E-state index is 11.1. The summed E-state index contributed by atoms with van der Waals surface area (Å²) in [6.45, 7) is 5.99. The predicted molar refractivity (Wildman–Crippen MR) is 63.3 cm³/mol. The lowest BCUT2D eigenvalue weighted by atomic mass is 10.2. The highest BCUT2D eigenvalue weighted by molar-refractivity contribution is 5.71. The number of carbonyl (C=O) groups is 1. The molecule has 16 heavy (non-hydrogen) atoms. The van der Waals surface area contributed by atoms with Crippen LogP contribution in [-0.2, 0) is 9.53 Å². The monoisotopic (exact) mass is 220 g/mol. The van der Waals surface area contributed by atoms with Crippen molar-refractivity contribution in [2.45, 2.75) is 13.3 Å². The molecule has 86 valence electrons. The second-order valence-corrected chi connectivity index (χ2v) is 3.28. The number of hydrogen-bond acceptors (Lipinski definition) is 3. The van der Waals surface area contributed by atoms with E-state index in [0.29, 0.717) is 12.4 Å². The van der Waals surface area contributed by atoms with Crippen molar-refractivity contribution in [2.24, 2.45) is 0 Å². The molecule has 0 amide bonds. The van der Waals surface area contributed by atoms with E-state index >= 15 is 0 Å². The molecule has 3 nitrogen and oxygen atoms in total. The molecule has 0 unspecified atom stereocenters. The number of carbonyl (C=O) groups excluding carboxylic acids is 1. The summed E-state index contributed by atoms with van der Waals surface area (Å²) in [7, 11) is 0. The van der Waals surface area contributed by atoms with E-state index < -0.39 is 0 Å². The third-order valence-corrected chi connectivity index (χ3v) is 1.94. The van der Waals surface area contributed by atoms with E-state index in [2.05, 4.69) is 6.58 Å². The van der Waals surface area contributed by atoms with Crippen molar-refractivity contribution in [3.05, 3.63) is 36.4 Å². The first-order valence-electron chi connectivity index (χ1n) is 5.27. The van der Waals surface area contributed by atoms with Crippen LogP contribution < -0.4 is 4.74 Å². The van der Waals surface area contributed by atoms with Crippen LogP contribution in [-0.4, -0.2) is 19.2 Å². The minimum Gasteiger partial charge on any atom is -0.482 e. The van der Waals surface area contributed by atoms with Crippen LogP contribution in [0.1, 0.15) is 18.9 Å². The Hall–Kier alpha value is -1.77. The molecule has 0 aromatic heterocycles. The van der Waals surface area contributed by atoms with Crippen molar-refractivity contribution in [1.29, 1.82) is 0 Å². The van der Waals surface area contributed by atoms with Gasteiger partial charge in [-0.05, 0) is 24.1 Å². The molecule has 0 radical (unpaired) electrons. The predicted octanol–water partition coefficient (Wildman–Crippen LogP) is 2.66. The van der Waals surface area contributed by atoms with E-state index in [9.17, 15) is 4.79 Å². The first-order valence-corrected chi connectivity index (χ1v) is 5.27. The fraction of sp³-hybridized carbons (Fsp3) is 0.308. The Bertz CT molecular complexity index is 341. The molecule has 0 heterocycles. The van der Waals surface area contributed by atoms with Crippen LogP contribution in [0, 0.1) is 0 Å². The molecule has 3 heteroatoms. The molecule has 0 aliphatic heterocycles. The van der Waals surface area contributed by atoms with Gasteiger partial charge in [0.25, 0.3) is 0 Å². The molecule has 0 N–H and O–H groups in total. The Morgan fingerprint density at radius 1 is 1.38 bits per heavy atom. The number of hydrogen-bond donors (Lipinski definition) is 0. The fourth-order valence-corrected chi connectivity index (χ4v) is 1.10. The molecule has 0 saturated heterocycles. The summed E-state index contributed by atoms with van der Waals surface area (Å²) in [6.07, 6.45) is 2.57. The van der Waals surface area contributed by atoms with Gasteiger partial charge >= 0.3 is 5.97 Å². The molecule has 1 aromatic rings. The van der Waals surface area contributed by atoms with Gasteiger partial charge in [-0.25, -0.2) is 4.79 Å². The van der Waals surface area contributed by atoms with Gasteiger partial charge in [0, 0.05) is 0 Å². The van der Waals surface area contributed by atoms with Crippen LogP contribution >= 0.6 is 0 Å². The molecular weight excluding hydrogens is 204 g/mol. The second kappa shape index (κ2) is 6.67. The second-order valence-electron chi connectivity index (χ2n) is 3.28. The normalized spacial score (nSPS) is 9.56. The summed E-state index contributed by atoms with van der Waals surface area (Å²) in [4.78, 5) is 11.1. The zero-order valence-electron chi connectivity index (χ0n) is 9.44. The van der Waals surface area contributed by atoms with Crippen molar-refractivity contribution < 1.29 is 14.3 Å². The van der Waals surface area contributed by atoms with E-state index in [1.165, 1.54) is 0 Å². The molecule has 1 aromatic carbocycles. The molecule has 0 bridgehead atoms. The van der Waals surface area contributed by atoms with Crippen molar-refractivity contribution in [2.75, 3.05) is 13.2 Å². The fourth-order valence-electron chi connectivity index (χ4n) is 1.10. The zero-order chi connectivity index (χ0) is 11.8. The lowest BCUT2D eigenvalue weighted by molar-refractivity contribution is -0.146. The molecule has 1 rings (SSSR count). The molecule has 0 atom stereocenters. The SMILES string of the molecule is C=Cc1ccc(OCC(=O)OCCC)cc1. The van der Waals surface area contributed by atoms with Crippen LogP contribution in [0.5, 0.6) is 5.75 Å². The third kappa shape index (κ3) is 4.17. The first-order chi connectivity index (χ1) is 7.76. The van der Waals surface area contributed by atoms with Gasteiger partial charge in [-0.15, -0.1) is 0 Å². The van der Waals surface area contributed by atoms with Crippen LogP contribution in [0.4, 0.5) is 0 Å². The summed E-state index contributed by atoms with van der Waals surface area (Å²) < 4.78 is 10.1. The van der Waals surface area contributed by atoms with Crippen molar-refractivity contribution in [3.8, 4) is 5.75 Å². The molecule has 0 fully saturated rings. The van der Waals surface area contributed by atoms with Gasteiger partial charge in [0.1, 0.15) is 5.75 Å². The van der Waals surface area contributed by atoms with Crippen LogP contribution in [0.2, 0.25) is 0 Å². The van der Waals surface area contributed by atoms with Gasteiger partial charge in [0.2, 0.25) is 0 Å². The maximum Gasteiger partial charge on any atom is 0.344 e. The minimum atomic E-state index is -0.338. The number of esters is 1. The Balaban J connectivity index is 2.36. The first kappa shape index (κ1) is 12.3. The Kier molecular flexibility index (Phi) is 5.12. The topological polar surface area (TPSA) is 35.5 Å². The average Bonchev–Trinajstić information content (AvgIpc) is 2.34. The quantitative estimate of drug-likeness (QED) is 0.691. The number of benzene rings is 1. The van der Waals surface area contributed by atoms with Crippen molar-refractivity contribution in [1.82, 2.24) is 0 Å². The summed E-state index contributed by atoms with van der Waals surface area (Å²) in [5.41, 5.74) is 1.01.